The molecule has 0 atom stereocenters. The van der Waals surface area contributed by atoms with Gasteiger partial charge in [0.05, 0.1) is 6.61 Å². The zero-order valence-corrected chi connectivity index (χ0v) is 4.31. The van der Waals surface area contributed by atoms with Crippen LogP contribution in [0.25, 0.3) is 0 Å². The highest BCUT2D eigenvalue weighted by Gasteiger charge is 1.73. The van der Waals surface area contributed by atoms with E-state index in [2.05, 4.69) is 5.92 Å². The lowest BCUT2D eigenvalue weighted by Gasteiger charge is -1.80. The molecule has 1 heteroatoms. The highest BCUT2D eigenvalue weighted by atomic mass is 16.2. The van der Waals surface area contributed by atoms with Crippen molar-refractivity contribution in [3.8, 4) is 12.3 Å². The first kappa shape index (κ1) is 6.26. The van der Waals surface area contributed by atoms with E-state index in [0.29, 0.717) is 0 Å². The average Bonchev–Trinajstić information content (AvgIpc) is 1.68. The molecule has 0 bridgehead atoms. The van der Waals surface area contributed by atoms with Gasteiger partial charge in [0.1, 0.15) is 0 Å². The third kappa shape index (κ3) is 3.08. The smallest absolute Gasteiger partial charge is 0.0624 e. The Hall–Kier alpha value is -0.740. The normalized spacial score (nSPS) is 10.7. The fourth-order valence-electron chi connectivity index (χ4n) is 0.196. The number of aliphatic hydroxyl groups is 1. The fourth-order valence-corrected chi connectivity index (χ4v) is 0.196. The largest absolute Gasteiger partial charge is 0.392 e. The summed E-state index contributed by atoms with van der Waals surface area (Å²) < 4.78 is 0. The molecule has 0 aromatic carbocycles. The highest BCUT2D eigenvalue weighted by Crippen LogP contribution is 1.84. The molecule has 1 N–H and O–H groups in total. The SMILES string of the molecule is C#C/C(C)=C\CO. The lowest BCUT2D eigenvalue weighted by molar-refractivity contribution is 0.342. The van der Waals surface area contributed by atoms with Crippen LogP contribution >= 0.6 is 0 Å². The van der Waals surface area contributed by atoms with Gasteiger partial charge >= 0.3 is 0 Å². The van der Waals surface area contributed by atoms with Gasteiger partial charge < -0.3 is 5.11 Å². The molecule has 0 radical (unpaired) electrons. The van der Waals surface area contributed by atoms with Gasteiger partial charge in [-0.1, -0.05) is 5.92 Å². The van der Waals surface area contributed by atoms with Crippen LogP contribution in [0.2, 0.25) is 0 Å². The van der Waals surface area contributed by atoms with Crippen molar-refractivity contribution in [2.75, 3.05) is 6.61 Å². The first-order chi connectivity index (χ1) is 3.31. The summed E-state index contributed by atoms with van der Waals surface area (Å²) in [5, 5.41) is 8.20. The zero-order valence-electron chi connectivity index (χ0n) is 4.31. The molecule has 0 fully saturated rings. The summed E-state index contributed by atoms with van der Waals surface area (Å²) in [5.41, 5.74) is 0.780. The maximum Gasteiger partial charge on any atom is 0.0624 e. The molecule has 0 heterocycles. The number of rotatable bonds is 1. The third-order valence-electron chi connectivity index (χ3n) is 0.625. The van der Waals surface area contributed by atoms with Crippen molar-refractivity contribution in [2.45, 2.75) is 6.92 Å². The molecule has 7 heavy (non-hydrogen) atoms. The van der Waals surface area contributed by atoms with E-state index < -0.39 is 0 Å². The number of hydrogen-bond donors (Lipinski definition) is 1. The third-order valence-corrected chi connectivity index (χ3v) is 0.625. The van der Waals surface area contributed by atoms with Crippen LogP contribution in [-0.4, -0.2) is 11.7 Å². The van der Waals surface area contributed by atoms with Crippen molar-refractivity contribution < 1.29 is 5.11 Å². The Morgan fingerprint density at radius 3 is 2.71 bits per heavy atom. The summed E-state index contributed by atoms with van der Waals surface area (Å²) in [4.78, 5) is 0. The predicted molar refractivity (Wildman–Crippen MR) is 29.7 cm³/mol. The van der Waals surface area contributed by atoms with E-state index in [0.717, 1.165) is 5.57 Å². The zero-order chi connectivity index (χ0) is 5.70. The van der Waals surface area contributed by atoms with Gasteiger partial charge in [0.2, 0.25) is 0 Å². The summed E-state index contributed by atoms with van der Waals surface area (Å²) in [7, 11) is 0. The molecule has 0 aromatic rings. The molecule has 0 spiro atoms. The second-order valence-corrected chi connectivity index (χ2v) is 1.21. The van der Waals surface area contributed by atoms with E-state index in [-0.39, 0.29) is 6.61 Å². The summed E-state index contributed by atoms with van der Waals surface area (Å²) >= 11 is 0. The number of aliphatic hydroxyl groups excluding tert-OH is 1. The molecule has 0 saturated heterocycles. The molecule has 38 valence electrons. The molecule has 0 unspecified atom stereocenters. The van der Waals surface area contributed by atoms with E-state index in [4.69, 9.17) is 11.5 Å². The molecular weight excluding hydrogens is 88.1 g/mol. The second-order valence-electron chi connectivity index (χ2n) is 1.21. The van der Waals surface area contributed by atoms with Crippen LogP contribution in [0.15, 0.2) is 11.6 Å². The second kappa shape index (κ2) is 3.45. The van der Waals surface area contributed by atoms with Gasteiger partial charge in [-0.2, -0.15) is 0 Å². The fraction of sp³-hybridized carbons (Fsp3) is 0.333. The van der Waals surface area contributed by atoms with Crippen LogP contribution in [0.4, 0.5) is 0 Å². The monoisotopic (exact) mass is 96.1 g/mol. The van der Waals surface area contributed by atoms with E-state index in [9.17, 15) is 0 Å². The number of hydrogen-bond acceptors (Lipinski definition) is 1. The molecule has 0 aliphatic carbocycles. The molecule has 0 aromatic heterocycles. The average molecular weight is 96.1 g/mol. The lowest BCUT2D eigenvalue weighted by atomic mass is 10.3. The van der Waals surface area contributed by atoms with E-state index in [1.807, 2.05) is 0 Å². The first-order valence-electron chi connectivity index (χ1n) is 2.05. The number of allylic oxidation sites excluding steroid dienone is 1. The standard InChI is InChI=1S/C6H8O/c1-3-6(2)4-5-7/h1,4,7H,5H2,2H3/b6-4-. The molecule has 0 amide bonds. The van der Waals surface area contributed by atoms with Crippen molar-refractivity contribution in [3.63, 3.8) is 0 Å². The van der Waals surface area contributed by atoms with Crippen LogP contribution in [0.1, 0.15) is 6.92 Å². The lowest BCUT2D eigenvalue weighted by Crippen LogP contribution is -1.73. The minimum absolute atomic E-state index is 0.0377. The van der Waals surface area contributed by atoms with Gasteiger partial charge in [0, 0.05) is 0 Å². The first-order valence-corrected chi connectivity index (χ1v) is 2.05. The van der Waals surface area contributed by atoms with Crippen LogP contribution in [0, 0.1) is 12.3 Å². The molecule has 0 aliphatic rings. The quantitative estimate of drug-likeness (QED) is 0.473. The summed E-state index contributed by atoms with van der Waals surface area (Å²) in [6, 6.07) is 0. The van der Waals surface area contributed by atoms with E-state index >= 15 is 0 Å². The Labute approximate surface area is 43.7 Å². The van der Waals surface area contributed by atoms with Crippen LogP contribution in [-0.2, 0) is 0 Å². The Kier molecular flexibility index (Phi) is 3.09. The van der Waals surface area contributed by atoms with Crippen molar-refractivity contribution >= 4 is 0 Å². The van der Waals surface area contributed by atoms with Gasteiger partial charge in [0.25, 0.3) is 0 Å². The Balaban J connectivity index is 3.57. The van der Waals surface area contributed by atoms with Gasteiger partial charge in [-0.05, 0) is 18.6 Å². The topological polar surface area (TPSA) is 20.2 Å². The van der Waals surface area contributed by atoms with Crippen LogP contribution < -0.4 is 0 Å². The van der Waals surface area contributed by atoms with Crippen molar-refractivity contribution in [2.24, 2.45) is 0 Å². The Morgan fingerprint density at radius 2 is 2.57 bits per heavy atom. The van der Waals surface area contributed by atoms with Gasteiger partial charge in [-0.15, -0.1) is 6.42 Å². The van der Waals surface area contributed by atoms with Crippen molar-refractivity contribution in [1.29, 1.82) is 0 Å². The molecular formula is C6H8O. The molecule has 0 saturated carbocycles. The Morgan fingerprint density at radius 1 is 2.00 bits per heavy atom. The van der Waals surface area contributed by atoms with E-state index in [1.54, 1.807) is 13.0 Å². The summed E-state index contributed by atoms with van der Waals surface area (Å²) in [6.45, 7) is 1.81. The maximum absolute atomic E-state index is 8.20. The Bertz CT molecular complexity index is 106. The minimum Gasteiger partial charge on any atom is -0.392 e. The van der Waals surface area contributed by atoms with Crippen LogP contribution in [0.3, 0.4) is 0 Å². The summed E-state index contributed by atoms with van der Waals surface area (Å²) in [6.07, 6.45) is 6.51. The molecule has 0 aliphatic heterocycles. The molecule has 0 rings (SSSR count). The number of terminal acetylenes is 1. The van der Waals surface area contributed by atoms with Gasteiger partial charge in [0.15, 0.2) is 0 Å². The highest BCUT2D eigenvalue weighted by molar-refractivity contribution is 5.22. The van der Waals surface area contributed by atoms with E-state index in [1.165, 1.54) is 0 Å². The minimum atomic E-state index is 0.0377. The van der Waals surface area contributed by atoms with Crippen LogP contribution in [0.5, 0.6) is 0 Å². The maximum atomic E-state index is 8.20. The summed E-state index contributed by atoms with van der Waals surface area (Å²) in [5.74, 6) is 2.37. The predicted octanol–water partition coefficient (Wildman–Crippen LogP) is 0.558. The molecule has 1 nitrogen and oxygen atoms in total. The van der Waals surface area contributed by atoms with Crippen molar-refractivity contribution in [3.05, 3.63) is 11.6 Å². The van der Waals surface area contributed by atoms with Crippen molar-refractivity contribution in [1.82, 2.24) is 0 Å². The van der Waals surface area contributed by atoms with Gasteiger partial charge in [-0.3, -0.25) is 0 Å². The van der Waals surface area contributed by atoms with Gasteiger partial charge in [-0.25, -0.2) is 0 Å².